The number of amides is 1. The quantitative estimate of drug-likeness (QED) is 0.723. The lowest BCUT2D eigenvalue weighted by molar-refractivity contribution is -0.377. The van der Waals surface area contributed by atoms with Crippen LogP contribution in [0, 0.1) is 0 Å². The second-order valence-corrected chi connectivity index (χ2v) is 9.02. The number of nitrogens with zero attached hydrogens (tertiary/aromatic N) is 3. The highest BCUT2D eigenvalue weighted by Gasteiger charge is 2.27. The van der Waals surface area contributed by atoms with Crippen molar-refractivity contribution in [3.05, 3.63) is 54.4 Å². The zero-order valence-electron chi connectivity index (χ0n) is 16.2. The highest BCUT2D eigenvalue weighted by Crippen LogP contribution is 2.20. The smallest absolute Gasteiger partial charge is 0.253 e. The van der Waals surface area contributed by atoms with Crippen LogP contribution in [0.15, 0.2) is 53.7 Å². The third kappa shape index (κ3) is 4.26. The van der Waals surface area contributed by atoms with E-state index in [2.05, 4.69) is 9.88 Å². The number of pyridine rings is 1. The van der Waals surface area contributed by atoms with Crippen LogP contribution in [0.1, 0.15) is 10.4 Å². The molecule has 1 N–H and O–H groups in total. The Hall–Kier alpha value is -2.49. The van der Waals surface area contributed by atoms with Crippen LogP contribution in [0.3, 0.4) is 0 Å². The van der Waals surface area contributed by atoms with E-state index >= 15 is 0 Å². The predicted octanol–water partition coefficient (Wildman–Crippen LogP) is 0.484. The van der Waals surface area contributed by atoms with E-state index in [1.807, 2.05) is 29.4 Å². The van der Waals surface area contributed by atoms with E-state index < -0.39 is 10.0 Å². The lowest BCUT2D eigenvalue weighted by Crippen LogP contribution is -2.48. The summed E-state index contributed by atoms with van der Waals surface area (Å²) in [5.41, 5.74) is 1.64. The van der Waals surface area contributed by atoms with Gasteiger partial charge >= 0.3 is 0 Å². The molecule has 1 aromatic carbocycles. The van der Waals surface area contributed by atoms with E-state index in [1.165, 1.54) is 16.4 Å². The first kappa shape index (κ1) is 19.8. The number of aromatic amines is 1. The van der Waals surface area contributed by atoms with Gasteiger partial charge in [-0.05, 0) is 24.3 Å². The number of sulfonamides is 1. The molecule has 0 saturated carbocycles. The Kier molecular flexibility index (Phi) is 5.79. The van der Waals surface area contributed by atoms with Crippen molar-refractivity contribution in [2.45, 2.75) is 4.90 Å². The first-order valence-corrected chi connectivity index (χ1v) is 11.2. The molecule has 0 unspecified atom stereocenters. The molecule has 0 spiro atoms. The Morgan fingerprint density at radius 2 is 1.48 bits per heavy atom. The molecule has 1 amide bonds. The van der Waals surface area contributed by atoms with Gasteiger partial charge in [-0.15, -0.1) is 0 Å². The fraction of sp³-hybridized carbons (Fsp3) is 0.400. The maximum atomic E-state index is 12.8. The molecule has 9 heteroatoms. The number of anilines is 1. The summed E-state index contributed by atoms with van der Waals surface area (Å²) in [5, 5.41) is 0. The Labute approximate surface area is 170 Å². The molecular formula is C20H25N4O4S+. The molecule has 2 fully saturated rings. The molecule has 2 aliphatic rings. The van der Waals surface area contributed by atoms with Gasteiger partial charge in [0.15, 0.2) is 12.4 Å². The van der Waals surface area contributed by atoms with Gasteiger partial charge < -0.3 is 14.5 Å². The average Bonchev–Trinajstić information content (AvgIpc) is 2.80. The van der Waals surface area contributed by atoms with Crippen LogP contribution in [-0.4, -0.2) is 76.0 Å². The Morgan fingerprint density at radius 3 is 2.10 bits per heavy atom. The topological polar surface area (TPSA) is 84.3 Å². The summed E-state index contributed by atoms with van der Waals surface area (Å²) < 4.78 is 32.1. The van der Waals surface area contributed by atoms with Crippen LogP contribution < -0.4 is 9.88 Å². The normalized spacial score (nSPS) is 18.6. The second kappa shape index (κ2) is 8.48. The maximum absolute atomic E-state index is 12.8. The molecule has 2 aromatic rings. The molecule has 3 heterocycles. The van der Waals surface area contributed by atoms with Crippen molar-refractivity contribution in [3.8, 4) is 0 Å². The summed E-state index contributed by atoms with van der Waals surface area (Å²) in [7, 11) is -3.55. The number of ether oxygens (including phenoxy) is 1. The number of H-pyrrole nitrogens is 1. The van der Waals surface area contributed by atoms with Crippen molar-refractivity contribution in [2.75, 3.05) is 57.4 Å². The molecule has 0 aliphatic carbocycles. The third-order valence-electron chi connectivity index (χ3n) is 5.34. The van der Waals surface area contributed by atoms with E-state index in [9.17, 15) is 13.2 Å². The fourth-order valence-electron chi connectivity index (χ4n) is 3.64. The van der Waals surface area contributed by atoms with Gasteiger partial charge in [-0.25, -0.2) is 13.4 Å². The van der Waals surface area contributed by atoms with Crippen LogP contribution in [-0.2, 0) is 14.8 Å². The summed E-state index contributed by atoms with van der Waals surface area (Å²) in [5.74, 6) is -0.0682. The number of piperazine rings is 1. The van der Waals surface area contributed by atoms with E-state index in [4.69, 9.17) is 4.74 Å². The number of hydrogen-bond donors (Lipinski definition) is 0. The predicted molar refractivity (Wildman–Crippen MR) is 107 cm³/mol. The number of rotatable bonds is 4. The lowest BCUT2D eigenvalue weighted by atomic mass is 10.2. The summed E-state index contributed by atoms with van der Waals surface area (Å²) in [6.45, 7) is 4.31. The summed E-state index contributed by atoms with van der Waals surface area (Å²) in [4.78, 5) is 20.1. The minimum atomic E-state index is -3.55. The highest BCUT2D eigenvalue weighted by atomic mass is 32.2. The van der Waals surface area contributed by atoms with Crippen molar-refractivity contribution in [2.24, 2.45) is 0 Å². The van der Waals surface area contributed by atoms with Gasteiger partial charge in [0.1, 0.15) is 0 Å². The SMILES string of the molecule is O=C(c1ccc(S(=O)(=O)N2CCOCC2)cc1)N1CCN(c2cc[nH+]cc2)CC1. The van der Waals surface area contributed by atoms with Crippen molar-refractivity contribution in [1.82, 2.24) is 9.21 Å². The number of carbonyl (C=O) groups excluding carboxylic acids is 1. The fourth-order valence-corrected chi connectivity index (χ4v) is 5.05. The summed E-state index contributed by atoms with van der Waals surface area (Å²) in [6, 6.07) is 10.3. The van der Waals surface area contributed by atoms with Crippen LogP contribution in [0.4, 0.5) is 5.69 Å². The Balaban J connectivity index is 1.40. The van der Waals surface area contributed by atoms with Crippen LogP contribution in [0.5, 0.6) is 0 Å². The number of hydrogen-bond acceptors (Lipinski definition) is 5. The Bertz CT molecular complexity index is 936. The summed E-state index contributed by atoms with van der Waals surface area (Å²) >= 11 is 0. The number of nitrogens with one attached hydrogen (secondary N) is 1. The second-order valence-electron chi connectivity index (χ2n) is 7.08. The van der Waals surface area contributed by atoms with Gasteiger partial charge in [0.2, 0.25) is 10.0 Å². The van der Waals surface area contributed by atoms with Crippen LogP contribution >= 0.6 is 0 Å². The largest absolute Gasteiger partial charge is 0.379 e. The van der Waals surface area contributed by atoms with Crippen LogP contribution in [0.2, 0.25) is 0 Å². The first-order chi connectivity index (χ1) is 14.1. The van der Waals surface area contributed by atoms with Crippen molar-refractivity contribution in [1.29, 1.82) is 0 Å². The number of morpholine rings is 1. The molecule has 29 heavy (non-hydrogen) atoms. The Morgan fingerprint density at radius 1 is 0.862 bits per heavy atom. The van der Waals surface area contributed by atoms with Gasteiger partial charge in [0.25, 0.3) is 5.91 Å². The molecule has 2 aliphatic heterocycles. The summed E-state index contributed by atoms with van der Waals surface area (Å²) in [6.07, 6.45) is 3.78. The minimum absolute atomic E-state index is 0.0682. The van der Waals surface area contributed by atoms with Crippen molar-refractivity contribution in [3.63, 3.8) is 0 Å². The lowest BCUT2D eigenvalue weighted by Gasteiger charge is -2.35. The van der Waals surface area contributed by atoms with Crippen LogP contribution in [0.25, 0.3) is 0 Å². The molecule has 1 aromatic heterocycles. The zero-order chi connectivity index (χ0) is 20.3. The van der Waals surface area contributed by atoms with Crippen molar-refractivity contribution >= 4 is 21.6 Å². The average molecular weight is 418 g/mol. The molecule has 8 nitrogen and oxygen atoms in total. The van der Waals surface area contributed by atoms with E-state index in [1.54, 1.807) is 12.1 Å². The highest BCUT2D eigenvalue weighted by molar-refractivity contribution is 7.89. The third-order valence-corrected chi connectivity index (χ3v) is 7.25. The molecule has 0 radical (unpaired) electrons. The maximum Gasteiger partial charge on any atom is 0.253 e. The number of aromatic nitrogens is 1. The first-order valence-electron chi connectivity index (χ1n) is 9.74. The molecule has 154 valence electrons. The van der Waals surface area contributed by atoms with Crippen molar-refractivity contribution < 1.29 is 22.9 Å². The van der Waals surface area contributed by atoms with Gasteiger partial charge in [0.05, 0.1) is 18.1 Å². The van der Waals surface area contributed by atoms with E-state index in [-0.39, 0.29) is 10.8 Å². The monoisotopic (exact) mass is 417 g/mol. The molecular weight excluding hydrogens is 392 g/mol. The van der Waals surface area contributed by atoms with E-state index in [0.717, 1.165) is 18.8 Å². The van der Waals surface area contributed by atoms with Gasteiger partial charge in [0, 0.05) is 62.7 Å². The molecule has 0 atom stereocenters. The number of benzene rings is 1. The van der Waals surface area contributed by atoms with Gasteiger partial charge in [-0.1, -0.05) is 0 Å². The van der Waals surface area contributed by atoms with Gasteiger partial charge in [-0.3, -0.25) is 4.79 Å². The standard InChI is InChI=1S/C20H24N4O4S/c25-20(23-11-9-22(10-12-23)18-5-7-21-8-6-18)17-1-3-19(4-2-17)29(26,27)24-13-15-28-16-14-24/h1-8H,9-16H2/p+1. The molecule has 2 saturated heterocycles. The molecule has 4 rings (SSSR count). The molecule has 0 bridgehead atoms. The number of carbonyl (C=O) groups is 1. The zero-order valence-corrected chi connectivity index (χ0v) is 17.0. The minimum Gasteiger partial charge on any atom is -0.379 e. The van der Waals surface area contributed by atoms with Gasteiger partial charge in [-0.2, -0.15) is 4.31 Å². The van der Waals surface area contributed by atoms with E-state index in [0.29, 0.717) is 45.0 Å².